The lowest BCUT2D eigenvalue weighted by atomic mass is 9.47. The highest BCUT2D eigenvalue weighted by Crippen LogP contribution is 2.69. The summed E-state index contributed by atoms with van der Waals surface area (Å²) >= 11 is 0. The molecule has 0 aromatic rings. The third-order valence-electron chi connectivity index (χ3n) is 11.7. The van der Waals surface area contributed by atoms with E-state index in [-0.39, 0.29) is 29.0 Å². The first kappa shape index (κ1) is 23.5. The molecule has 2 saturated heterocycles. The number of hydrogen-bond donors (Lipinski definition) is 1. The molecule has 3 saturated carbocycles. The summed E-state index contributed by atoms with van der Waals surface area (Å²) in [4.78, 5) is 11.5. The second kappa shape index (κ2) is 7.79. The fourth-order valence-electron chi connectivity index (χ4n) is 9.83. The third-order valence-corrected chi connectivity index (χ3v) is 11.7. The molecule has 0 bridgehead atoms. The SMILES string of the molecule is CC(=O)O[C@H]1CC[C@]2(C)C3=C[C@@H](O)[C@]4(C)[C@@H]5[C@H](C[C@H]4[C@@H]3CC[C@H]2C1)O[C@]1(CC[C@H](C)CO1)[C@H]5C. The Morgan fingerprint density at radius 2 is 1.91 bits per heavy atom. The van der Waals surface area contributed by atoms with Crippen LogP contribution in [-0.2, 0) is 19.0 Å². The molecule has 2 aliphatic heterocycles. The molecule has 6 rings (SSSR count). The predicted molar refractivity (Wildman–Crippen MR) is 129 cm³/mol. The highest BCUT2D eigenvalue weighted by atomic mass is 16.7. The van der Waals surface area contributed by atoms with E-state index in [1.165, 1.54) is 25.3 Å². The molecule has 5 nitrogen and oxygen atoms in total. The largest absolute Gasteiger partial charge is 0.463 e. The summed E-state index contributed by atoms with van der Waals surface area (Å²) in [5.74, 6) is 2.15. The van der Waals surface area contributed by atoms with E-state index >= 15 is 0 Å². The molecule has 5 heteroatoms. The normalized spacial score (nSPS) is 56.2. The van der Waals surface area contributed by atoms with Crippen LogP contribution in [0.2, 0.25) is 0 Å². The van der Waals surface area contributed by atoms with Gasteiger partial charge in [0.2, 0.25) is 0 Å². The van der Waals surface area contributed by atoms with Crippen molar-refractivity contribution >= 4 is 5.97 Å². The van der Waals surface area contributed by atoms with Crippen molar-refractivity contribution in [3.63, 3.8) is 0 Å². The number of fused-ring (bicyclic) bond motifs is 7. The van der Waals surface area contributed by atoms with Gasteiger partial charge in [0.25, 0.3) is 0 Å². The van der Waals surface area contributed by atoms with Gasteiger partial charge >= 0.3 is 5.97 Å². The first-order chi connectivity index (χ1) is 16.1. The Morgan fingerprint density at radius 3 is 2.62 bits per heavy atom. The van der Waals surface area contributed by atoms with E-state index in [0.29, 0.717) is 35.5 Å². The van der Waals surface area contributed by atoms with Gasteiger partial charge in [-0.05, 0) is 74.0 Å². The highest BCUT2D eigenvalue weighted by Gasteiger charge is 2.70. The lowest BCUT2D eigenvalue weighted by Crippen LogP contribution is -2.55. The fraction of sp³-hybridized carbons (Fsp3) is 0.897. The van der Waals surface area contributed by atoms with E-state index in [1.807, 2.05) is 0 Å². The van der Waals surface area contributed by atoms with E-state index < -0.39 is 11.9 Å². The number of ether oxygens (including phenoxy) is 3. The standard InChI is InChI=1S/C29H44O5/c1-16-8-11-29(32-15-16)17(2)26-24(34-29)13-23-21-7-6-19-12-20(33-18(3)30)9-10-27(19,4)22(21)14-25(31)28(23,26)5/h14,16-17,19-21,23-26,31H,6-13,15H2,1-5H3/t16-,17-,19-,20-,21+,23-,24-,25+,26-,27-,28+,29+/m0/s1. The minimum absolute atomic E-state index is 0.0565. The molecule has 12 atom stereocenters. The Hall–Kier alpha value is -0.910. The molecule has 4 aliphatic carbocycles. The van der Waals surface area contributed by atoms with Gasteiger partial charge in [-0.25, -0.2) is 0 Å². The van der Waals surface area contributed by atoms with Gasteiger partial charge < -0.3 is 19.3 Å². The van der Waals surface area contributed by atoms with Crippen molar-refractivity contribution < 1.29 is 24.1 Å². The molecule has 34 heavy (non-hydrogen) atoms. The molecule has 0 aromatic carbocycles. The second-order valence-electron chi connectivity index (χ2n) is 13.3. The van der Waals surface area contributed by atoms with Crippen molar-refractivity contribution in [3.8, 4) is 0 Å². The zero-order chi connectivity index (χ0) is 24.0. The quantitative estimate of drug-likeness (QED) is 0.417. The van der Waals surface area contributed by atoms with Gasteiger partial charge in [0, 0.05) is 30.6 Å². The summed E-state index contributed by atoms with van der Waals surface area (Å²) in [6.45, 7) is 11.7. The van der Waals surface area contributed by atoms with E-state index in [2.05, 4.69) is 33.8 Å². The number of allylic oxidation sites excluding steroid dienone is 1. The zero-order valence-corrected chi connectivity index (χ0v) is 21.7. The molecule has 5 fully saturated rings. The smallest absolute Gasteiger partial charge is 0.302 e. The Morgan fingerprint density at radius 1 is 1.12 bits per heavy atom. The molecule has 2 heterocycles. The Labute approximate surface area is 205 Å². The van der Waals surface area contributed by atoms with Crippen LogP contribution in [0.5, 0.6) is 0 Å². The van der Waals surface area contributed by atoms with Gasteiger partial charge in [0.05, 0.1) is 18.8 Å². The fourth-order valence-corrected chi connectivity index (χ4v) is 9.83. The Balaban J connectivity index is 1.28. The molecule has 0 radical (unpaired) electrons. The molecule has 0 amide bonds. The van der Waals surface area contributed by atoms with Gasteiger partial charge in [0.15, 0.2) is 5.79 Å². The van der Waals surface area contributed by atoms with Gasteiger partial charge in [-0.15, -0.1) is 0 Å². The first-order valence-corrected chi connectivity index (χ1v) is 14.0. The third kappa shape index (κ3) is 3.11. The van der Waals surface area contributed by atoms with Crippen molar-refractivity contribution in [2.45, 2.75) is 110 Å². The molecular weight excluding hydrogens is 428 g/mol. The summed E-state index contributed by atoms with van der Waals surface area (Å²) < 4.78 is 18.9. The van der Waals surface area contributed by atoms with Crippen LogP contribution < -0.4 is 0 Å². The lowest BCUT2D eigenvalue weighted by Gasteiger charge is -2.58. The molecule has 190 valence electrons. The molecule has 0 unspecified atom stereocenters. The van der Waals surface area contributed by atoms with E-state index in [4.69, 9.17) is 14.2 Å². The number of esters is 1. The van der Waals surface area contributed by atoms with Crippen molar-refractivity contribution in [2.75, 3.05) is 6.61 Å². The second-order valence-corrected chi connectivity index (χ2v) is 13.3. The Bertz CT molecular complexity index is 874. The maximum Gasteiger partial charge on any atom is 0.302 e. The molecule has 0 aromatic heterocycles. The summed E-state index contributed by atoms with van der Waals surface area (Å²) in [6.07, 6.45) is 10.6. The van der Waals surface area contributed by atoms with Crippen LogP contribution in [0, 0.1) is 46.3 Å². The van der Waals surface area contributed by atoms with Crippen LogP contribution >= 0.6 is 0 Å². The predicted octanol–water partition coefficient (Wildman–Crippen LogP) is 5.26. The van der Waals surface area contributed by atoms with Crippen LogP contribution in [0.25, 0.3) is 0 Å². The van der Waals surface area contributed by atoms with Crippen LogP contribution in [0.15, 0.2) is 11.6 Å². The number of carbonyl (C=O) groups is 1. The van der Waals surface area contributed by atoms with Crippen LogP contribution in [-0.4, -0.2) is 41.8 Å². The average Bonchev–Trinajstić information content (AvgIpc) is 3.23. The molecule has 1 spiro atoms. The summed E-state index contributed by atoms with van der Waals surface area (Å²) in [5.41, 5.74) is 1.45. The van der Waals surface area contributed by atoms with Crippen LogP contribution in [0.3, 0.4) is 0 Å². The summed E-state index contributed by atoms with van der Waals surface area (Å²) in [5, 5.41) is 11.8. The maximum absolute atomic E-state index is 11.8. The number of hydrogen-bond acceptors (Lipinski definition) is 5. The summed E-state index contributed by atoms with van der Waals surface area (Å²) in [7, 11) is 0. The molecule has 1 N–H and O–H groups in total. The minimum Gasteiger partial charge on any atom is -0.463 e. The van der Waals surface area contributed by atoms with Gasteiger partial charge in [-0.2, -0.15) is 0 Å². The lowest BCUT2D eigenvalue weighted by molar-refractivity contribution is -0.272. The number of aliphatic hydroxyl groups is 1. The number of rotatable bonds is 1. The number of carbonyl (C=O) groups excluding carboxylic acids is 1. The van der Waals surface area contributed by atoms with E-state index in [1.54, 1.807) is 0 Å². The number of aliphatic hydroxyl groups excluding tert-OH is 1. The Kier molecular flexibility index (Phi) is 5.38. The maximum atomic E-state index is 11.8. The minimum atomic E-state index is -0.446. The van der Waals surface area contributed by atoms with E-state index in [0.717, 1.165) is 45.1 Å². The van der Waals surface area contributed by atoms with Crippen molar-refractivity contribution in [1.29, 1.82) is 0 Å². The summed E-state index contributed by atoms with van der Waals surface area (Å²) in [6, 6.07) is 0. The van der Waals surface area contributed by atoms with Crippen LogP contribution in [0.4, 0.5) is 0 Å². The van der Waals surface area contributed by atoms with Crippen LogP contribution in [0.1, 0.15) is 86.0 Å². The van der Waals surface area contributed by atoms with Crippen molar-refractivity contribution in [1.82, 2.24) is 0 Å². The average molecular weight is 473 g/mol. The molecular formula is C29H44O5. The first-order valence-electron chi connectivity index (χ1n) is 14.0. The van der Waals surface area contributed by atoms with Crippen molar-refractivity contribution in [3.05, 3.63) is 11.6 Å². The van der Waals surface area contributed by atoms with Gasteiger partial charge in [-0.3, -0.25) is 4.79 Å². The van der Waals surface area contributed by atoms with Crippen molar-refractivity contribution in [2.24, 2.45) is 46.3 Å². The highest BCUT2D eigenvalue weighted by molar-refractivity contribution is 5.66. The monoisotopic (exact) mass is 472 g/mol. The topological polar surface area (TPSA) is 65.0 Å². The van der Waals surface area contributed by atoms with Gasteiger partial charge in [-0.1, -0.05) is 39.3 Å². The van der Waals surface area contributed by atoms with Gasteiger partial charge in [0.1, 0.15) is 6.10 Å². The zero-order valence-electron chi connectivity index (χ0n) is 21.7. The van der Waals surface area contributed by atoms with E-state index in [9.17, 15) is 9.90 Å². The molecule has 6 aliphatic rings.